The first-order chi connectivity index (χ1) is 6.99. The van der Waals surface area contributed by atoms with Crippen LogP contribution in [0, 0.1) is 0 Å². The SMILES string of the molecule is C=Nc1cn(S(C)(=O)=O)cc1N=CCC. The van der Waals surface area contributed by atoms with Crippen LogP contribution in [0.25, 0.3) is 0 Å². The molecule has 0 aliphatic heterocycles. The lowest BCUT2D eigenvalue weighted by Gasteiger charge is -1.94. The van der Waals surface area contributed by atoms with Gasteiger partial charge in [-0.15, -0.1) is 0 Å². The molecule has 6 heteroatoms. The van der Waals surface area contributed by atoms with E-state index < -0.39 is 10.0 Å². The minimum absolute atomic E-state index is 0.463. The Morgan fingerprint density at radius 2 is 2.07 bits per heavy atom. The largest absolute Gasteiger partial charge is 0.261 e. The molecule has 0 aromatic carbocycles. The molecule has 0 atom stereocenters. The Morgan fingerprint density at radius 3 is 2.53 bits per heavy atom. The van der Waals surface area contributed by atoms with Crippen molar-refractivity contribution in [3.63, 3.8) is 0 Å². The van der Waals surface area contributed by atoms with E-state index in [2.05, 4.69) is 16.7 Å². The van der Waals surface area contributed by atoms with Gasteiger partial charge in [-0.3, -0.25) is 9.98 Å². The number of aliphatic imine (C=N–C) groups is 2. The van der Waals surface area contributed by atoms with Crippen LogP contribution in [-0.4, -0.2) is 31.6 Å². The van der Waals surface area contributed by atoms with Gasteiger partial charge in [-0.25, -0.2) is 12.4 Å². The smallest absolute Gasteiger partial charge is 0.235 e. The van der Waals surface area contributed by atoms with Gasteiger partial charge in [-0.2, -0.15) is 0 Å². The second kappa shape index (κ2) is 4.39. The van der Waals surface area contributed by atoms with Crippen molar-refractivity contribution in [1.29, 1.82) is 0 Å². The Bertz CT molecular complexity index is 485. The molecule has 0 bridgehead atoms. The number of hydrogen-bond acceptors (Lipinski definition) is 4. The maximum absolute atomic E-state index is 11.2. The Morgan fingerprint density at radius 1 is 1.47 bits per heavy atom. The van der Waals surface area contributed by atoms with E-state index in [9.17, 15) is 8.42 Å². The topological polar surface area (TPSA) is 63.8 Å². The second-order valence-electron chi connectivity index (χ2n) is 3.00. The summed E-state index contributed by atoms with van der Waals surface area (Å²) in [6, 6.07) is 0. The van der Waals surface area contributed by atoms with E-state index in [1.54, 1.807) is 6.21 Å². The van der Waals surface area contributed by atoms with E-state index in [0.717, 1.165) is 16.6 Å². The Balaban J connectivity index is 3.23. The molecular formula is C9H13N3O2S. The fraction of sp³-hybridized carbons (Fsp3) is 0.333. The molecular weight excluding hydrogens is 214 g/mol. The van der Waals surface area contributed by atoms with Gasteiger partial charge in [0.15, 0.2) is 0 Å². The molecule has 0 saturated heterocycles. The lowest BCUT2D eigenvalue weighted by Crippen LogP contribution is -2.06. The van der Waals surface area contributed by atoms with Crippen molar-refractivity contribution in [2.45, 2.75) is 13.3 Å². The van der Waals surface area contributed by atoms with E-state index in [0.29, 0.717) is 11.4 Å². The van der Waals surface area contributed by atoms with Crippen molar-refractivity contribution < 1.29 is 8.42 Å². The van der Waals surface area contributed by atoms with E-state index in [1.165, 1.54) is 12.4 Å². The molecule has 0 unspecified atom stereocenters. The van der Waals surface area contributed by atoms with Crippen LogP contribution in [-0.2, 0) is 10.0 Å². The fourth-order valence-electron chi connectivity index (χ4n) is 1.01. The van der Waals surface area contributed by atoms with Crippen LogP contribution >= 0.6 is 0 Å². The van der Waals surface area contributed by atoms with Crippen LogP contribution in [0.5, 0.6) is 0 Å². The Hall–Kier alpha value is -1.43. The molecule has 1 rings (SSSR count). The third-order valence-electron chi connectivity index (χ3n) is 1.73. The van der Waals surface area contributed by atoms with Gasteiger partial charge in [-0.05, 0) is 13.1 Å². The molecule has 0 saturated carbocycles. The molecule has 1 aromatic rings. The van der Waals surface area contributed by atoms with Gasteiger partial charge in [-0.1, -0.05) is 6.92 Å². The van der Waals surface area contributed by atoms with E-state index in [4.69, 9.17) is 0 Å². The van der Waals surface area contributed by atoms with Crippen molar-refractivity contribution in [2.24, 2.45) is 9.98 Å². The predicted molar refractivity (Wildman–Crippen MR) is 62.3 cm³/mol. The fourth-order valence-corrected chi connectivity index (χ4v) is 1.60. The molecule has 15 heavy (non-hydrogen) atoms. The van der Waals surface area contributed by atoms with Gasteiger partial charge in [0.1, 0.15) is 11.4 Å². The monoisotopic (exact) mass is 227 g/mol. The summed E-state index contributed by atoms with van der Waals surface area (Å²) in [5, 5.41) is 0. The average molecular weight is 227 g/mol. The van der Waals surface area contributed by atoms with Crippen LogP contribution in [0.4, 0.5) is 11.4 Å². The third-order valence-corrected chi connectivity index (χ3v) is 2.70. The third kappa shape index (κ3) is 2.76. The molecule has 0 amide bonds. The predicted octanol–water partition coefficient (Wildman–Crippen LogP) is 1.74. The maximum Gasteiger partial charge on any atom is 0.235 e. The molecule has 0 N–H and O–H groups in total. The summed E-state index contributed by atoms with van der Waals surface area (Å²) in [7, 11) is -3.28. The van der Waals surface area contributed by atoms with E-state index in [1.807, 2.05) is 6.92 Å². The van der Waals surface area contributed by atoms with Gasteiger partial charge in [0.05, 0.1) is 6.26 Å². The van der Waals surface area contributed by atoms with Crippen LogP contribution in [0.3, 0.4) is 0 Å². The lowest BCUT2D eigenvalue weighted by molar-refractivity contribution is 0.593. The Kier molecular flexibility index (Phi) is 3.41. The van der Waals surface area contributed by atoms with Crippen molar-refractivity contribution in [1.82, 2.24) is 3.97 Å². The molecule has 0 aliphatic rings. The highest BCUT2D eigenvalue weighted by atomic mass is 32.2. The normalized spacial score (nSPS) is 12.1. The minimum Gasteiger partial charge on any atom is -0.261 e. The zero-order valence-corrected chi connectivity index (χ0v) is 9.53. The summed E-state index contributed by atoms with van der Waals surface area (Å²) in [5.41, 5.74) is 0.974. The molecule has 0 radical (unpaired) electrons. The first-order valence-electron chi connectivity index (χ1n) is 4.40. The minimum atomic E-state index is -3.28. The zero-order valence-electron chi connectivity index (χ0n) is 8.71. The van der Waals surface area contributed by atoms with Crippen LogP contribution in [0.1, 0.15) is 13.3 Å². The summed E-state index contributed by atoms with van der Waals surface area (Å²) < 4.78 is 23.6. The highest BCUT2D eigenvalue weighted by Gasteiger charge is 2.10. The van der Waals surface area contributed by atoms with Gasteiger partial charge < -0.3 is 0 Å². The van der Waals surface area contributed by atoms with Gasteiger partial charge >= 0.3 is 0 Å². The standard InChI is InChI=1S/C9H13N3O2S/c1-4-5-11-9-7-12(15(3,13)14)6-8(9)10-2/h5-7H,2,4H2,1,3H3. The maximum atomic E-state index is 11.2. The van der Waals surface area contributed by atoms with E-state index >= 15 is 0 Å². The summed E-state index contributed by atoms with van der Waals surface area (Å²) in [4.78, 5) is 7.79. The molecule has 5 nitrogen and oxygen atoms in total. The highest BCUT2D eigenvalue weighted by Crippen LogP contribution is 2.29. The summed E-state index contributed by atoms with van der Waals surface area (Å²) in [6.07, 6.45) is 6.40. The quantitative estimate of drug-likeness (QED) is 0.735. The zero-order chi connectivity index (χ0) is 11.5. The molecule has 0 aliphatic carbocycles. The first-order valence-corrected chi connectivity index (χ1v) is 6.25. The van der Waals surface area contributed by atoms with Crippen molar-refractivity contribution in [3.05, 3.63) is 12.4 Å². The average Bonchev–Trinajstić information content (AvgIpc) is 2.57. The van der Waals surface area contributed by atoms with Crippen LogP contribution in [0.15, 0.2) is 22.4 Å². The highest BCUT2D eigenvalue weighted by molar-refractivity contribution is 7.89. The van der Waals surface area contributed by atoms with Crippen LogP contribution in [0.2, 0.25) is 0 Å². The number of nitrogens with zero attached hydrogens (tertiary/aromatic N) is 3. The van der Waals surface area contributed by atoms with Crippen molar-refractivity contribution in [2.75, 3.05) is 6.26 Å². The molecule has 0 fully saturated rings. The molecule has 0 spiro atoms. The number of hydrogen-bond donors (Lipinski definition) is 0. The van der Waals surface area contributed by atoms with Gasteiger partial charge in [0.25, 0.3) is 0 Å². The summed E-state index contributed by atoms with van der Waals surface area (Å²) in [5.74, 6) is 0. The molecule has 82 valence electrons. The van der Waals surface area contributed by atoms with Gasteiger partial charge in [0, 0.05) is 18.6 Å². The summed E-state index contributed by atoms with van der Waals surface area (Å²) in [6.45, 7) is 5.31. The van der Waals surface area contributed by atoms with Crippen LogP contribution < -0.4 is 0 Å². The van der Waals surface area contributed by atoms with E-state index in [-0.39, 0.29) is 0 Å². The molecule has 1 aromatic heterocycles. The molecule has 1 heterocycles. The second-order valence-corrected chi connectivity index (χ2v) is 4.89. The Labute approximate surface area is 89.2 Å². The first kappa shape index (κ1) is 11.6. The summed E-state index contributed by atoms with van der Waals surface area (Å²) >= 11 is 0. The van der Waals surface area contributed by atoms with Crippen molar-refractivity contribution >= 4 is 34.3 Å². The van der Waals surface area contributed by atoms with Crippen molar-refractivity contribution in [3.8, 4) is 0 Å². The lowest BCUT2D eigenvalue weighted by atomic mass is 10.4. The number of rotatable bonds is 4. The van der Waals surface area contributed by atoms with Gasteiger partial charge in [0.2, 0.25) is 10.0 Å². The number of aromatic nitrogens is 1.